The molecule has 0 unspecified atom stereocenters. The van der Waals surface area contributed by atoms with Crippen molar-refractivity contribution in [1.82, 2.24) is 4.31 Å². The quantitative estimate of drug-likeness (QED) is 0.865. The third kappa shape index (κ3) is 3.00. The zero-order chi connectivity index (χ0) is 15.4. The minimum atomic E-state index is -3.56. The van der Waals surface area contributed by atoms with Crippen molar-refractivity contribution in [2.24, 2.45) is 0 Å². The van der Waals surface area contributed by atoms with Crippen molar-refractivity contribution < 1.29 is 8.42 Å². The predicted molar refractivity (Wildman–Crippen MR) is 89.4 cm³/mol. The molecule has 1 fully saturated rings. The van der Waals surface area contributed by atoms with E-state index in [-0.39, 0.29) is 0 Å². The molecule has 116 valence electrons. The van der Waals surface area contributed by atoms with Gasteiger partial charge in [-0.1, -0.05) is 42.8 Å². The van der Waals surface area contributed by atoms with Gasteiger partial charge >= 0.3 is 10.2 Å². The Morgan fingerprint density at radius 1 is 0.727 bits per heavy atom. The number of anilines is 2. The van der Waals surface area contributed by atoms with E-state index in [2.05, 4.69) is 0 Å². The fourth-order valence-corrected chi connectivity index (χ4v) is 4.48. The molecule has 0 amide bonds. The van der Waals surface area contributed by atoms with E-state index in [0.29, 0.717) is 24.5 Å². The molecule has 2 aromatic rings. The summed E-state index contributed by atoms with van der Waals surface area (Å²) in [5.74, 6) is 0. The zero-order valence-electron chi connectivity index (χ0n) is 12.4. The summed E-state index contributed by atoms with van der Waals surface area (Å²) in [6.45, 7) is 1.19. The summed E-state index contributed by atoms with van der Waals surface area (Å²) in [4.78, 5) is 0. The van der Waals surface area contributed by atoms with Crippen LogP contribution in [0.1, 0.15) is 19.3 Å². The molecule has 22 heavy (non-hydrogen) atoms. The third-order valence-corrected chi connectivity index (χ3v) is 5.75. The monoisotopic (exact) mass is 316 g/mol. The van der Waals surface area contributed by atoms with E-state index >= 15 is 0 Å². The van der Waals surface area contributed by atoms with Gasteiger partial charge in [-0.05, 0) is 37.1 Å². The lowest BCUT2D eigenvalue weighted by molar-refractivity contribution is 0.347. The van der Waals surface area contributed by atoms with E-state index in [1.807, 2.05) is 60.7 Å². The Hall–Kier alpha value is -1.85. The average Bonchev–Trinajstić information content (AvgIpc) is 2.58. The number of rotatable bonds is 4. The van der Waals surface area contributed by atoms with Crippen LogP contribution in [0.15, 0.2) is 60.7 Å². The summed E-state index contributed by atoms with van der Waals surface area (Å²) in [7, 11) is -3.56. The fourth-order valence-electron chi connectivity index (χ4n) is 2.75. The highest BCUT2D eigenvalue weighted by Gasteiger charge is 2.31. The Balaban J connectivity index is 2.05. The number of hydrogen-bond donors (Lipinski definition) is 0. The summed E-state index contributed by atoms with van der Waals surface area (Å²) >= 11 is 0. The number of nitrogens with zero attached hydrogens (tertiary/aromatic N) is 2. The normalized spacial score (nSPS) is 16.4. The molecule has 0 aliphatic carbocycles. The molecule has 1 aliphatic rings. The van der Waals surface area contributed by atoms with E-state index in [4.69, 9.17) is 0 Å². The first-order chi connectivity index (χ1) is 10.7. The summed E-state index contributed by atoms with van der Waals surface area (Å²) in [6, 6.07) is 18.5. The smallest absolute Gasteiger partial charge is 0.226 e. The van der Waals surface area contributed by atoms with E-state index in [0.717, 1.165) is 19.3 Å². The topological polar surface area (TPSA) is 40.6 Å². The summed E-state index contributed by atoms with van der Waals surface area (Å²) in [5, 5.41) is 0. The van der Waals surface area contributed by atoms with Crippen LogP contribution in [0.2, 0.25) is 0 Å². The Kier molecular flexibility index (Phi) is 4.45. The lowest BCUT2D eigenvalue weighted by Gasteiger charge is -2.33. The molecule has 0 saturated carbocycles. The van der Waals surface area contributed by atoms with Gasteiger partial charge in [0.1, 0.15) is 0 Å². The number of benzene rings is 2. The van der Waals surface area contributed by atoms with Crippen LogP contribution in [0.3, 0.4) is 0 Å². The third-order valence-electron chi connectivity index (χ3n) is 3.85. The maximum absolute atomic E-state index is 13.1. The van der Waals surface area contributed by atoms with Crippen molar-refractivity contribution in [3.05, 3.63) is 60.7 Å². The molecule has 1 aliphatic heterocycles. The van der Waals surface area contributed by atoms with Crippen LogP contribution in [0, 0.1) is 0 Å². The van der Waals surface area contributed by atoms with Gasteiger partial charge in [0.2, 0.25) is 0 Å². The molecule has 0 radical (unpaired) electrons. The van der Waals surface area contributed by atoms with E-state index in [9.17, 15) is 8.42 Å². The zero-order valence-corrected chi connectivity index (χ0v) is 13.2. The molecule has 1 saturated heterocycles. The molecule has 3 rings (SSSR count). The Labute approximate surface area is 132 Å². The maximum atomic E-state index is 13.1. The minimum Gasteiger partial charge on any atom is -0.226 e. The van der Waals surface area contributed by atoms with Crippen LogP contribution in [0.5, 0.6) is 0 Å². The van der Waals surface area contributed by atoms with Crippen LogP contribution in [0.25, 0.3) is 0 Å². The lowest BCUT2D eigenvalue weighted by Crippen LogP contribution is -2.44. The second-order valence-corrected chi connectivity index (χ2v) is 7.18. The summed E-state index contributed by atoms with van der Waals surface area (Å²) in [5.41, 5.74) is 1.33. The van der Waals surface area contributed by atoms with Gasteiger partial charge in [0.05, 0.1) is 11.4 Å². The average molecular weight is 316 g/mol. The molecule has 1 heterocycles. The molecular weight excluding hydrogens is 296 g/mol. The molecule has 0 bridgehead atoms. The van der Waals surface area contributed by atoms with Crippen LogP contribution in [-0.4, -0.2) is 25.8 Å². The Morgan fingerprint density at radius 3 is 1.64 bits per heavy atom. The summed E-state index contributed by atoms with van der Waals surface area (Å²) in [6.07, 6.45) is 2.95. The molecule has 4 nitrogen and oxygen atoms in total. The van der Waals surface area contributed by atoms with Crippen LogP contribution in [0.4, 0.5) is 11.4 Å². The largest absolute Gasteiger partial charge is 0.308 e. The van der Waals surface area contributed by atoms with Gasteiger partial charge in [-0.2, -0.15) is 12.7 Å². The number of piperidine rings is 1. The first kappa shape index (κ1) is 15.1. The van der Waals surface area contributed by atoms with Crippen molar-refractivity contribution >= 4 is 21.6 Å². The molecule has 2 aromatic carbocycles. The van der Waals surface area contributed by atoms with E-state index < -0.39 is 10.2 Å². The highest BCUT2D eigenvalue weighted by atomic mass is 32.2. The summed E-state index contributed by atoms with van der Waals surface area (Å²) < 4.78 is 29.3. The van der Waals surface area contributed by atoms with Crippen molar-refractivity contribution in [2.75, 3.05) is 17.4 Å². The van der Waals surface area contributed by atoms with Crippen LogP contribution in [-0.2, 0) is 10.2 Å². The van der Waals surface area contributed by atoms with Crippen LogP contribution >= 0.6 is 0 Å². The van der Waals surface area contributed by atoms with Crippen molar-refractivity contribution in [2.45, 2.75) is 19.3 Å². The lowest BCUT2D eigenvalue weighted by atomic mass is 10.2. The number of para-hydroxylation sites is 2. The molecule has 0 N–H and O–H groups in total. The van der Waals surface area contributed by atoms with Gasteiger partial charge < -0.3 is 0 Å². The minimum absolute atomic E-state index is 0.596. The van der Waals surface area contributed by atoms with Gasteiger partial charge in [0.25, 0.3) is 0 Å². The maximum Gasteiger partial charge on any atom is 0.308 e. The van der Waals surface area contributed by atoms with E-state index in [1.54, 1.807) is 4.31 Å². The van der Waals surface area contributed by atoms with Crippen molar-refractivity contribution in [1.29, 1.82) is 0 Å². The van der Waals surface area contributed by atoms with E-state index in [1.165, 1.54) is 4.31 Å². The highest BCUT2D eigenvalue weighted by molar-refractivity contribution is 7.90. The molecule has 5 heteroatoms. The first-order valence-corrected chi connectivity index (χ1v) is 9.00. The second kappa shape index (κ2) is 6.50. The molecule has 0 aromatic heterocycles. The van der Waals surface area contributed by atoms with Gasteiger partial charge in [-0.25, -0.2) is 4.31 Å². The fraction of sp³-hybridized carbons (Fsp3) is 0.294. The SMILES string of the molecule is O=S(=O)(N1CCCCC1)N(c1ccccc1)c1ccccc1. The predicted octanol–water partition coefficient (Wildman–Crippen LogP) is 3.56. The standard InChI is InChI=1S/C17H20N2O2S/c20-22(21,18-14-8-3-9-15-18)19(16-10-4-1-5-11-16)17-12-6-2-7-13-17/h1-2,4-7,10-13H,3,8-9,14-15H2. The van der Waals surface area contributed by atoms with Gasteiger partial charge in [0, 0.05) is 13.1 Å². The Morgan fingerprint density at radius 2 is 1.18 bits per heavy atom. The first-order valence-electron chi connectivity index (χ1n) is 7.60. The van der Waals surface area contributed by atoms with Crippen LogP contribution < -0.4 is 4.31 Å². The van der Waals surface area contributed by atoms with Gasteiger partial charge in [-0.15, -0.1) is 0 Å². The molecule has 0 atom stereocenters. The Bertz CT molecular complexity index is 656. The molecular formula is C17H20N2O2S. The van der Waals surface area contributed by atoms with Gasteiger partial charge in [-0.3, -0.25) is 0 Å². The molecule has 0 spiro atoms. The van der Waals surface area contributed by atoms with Crippen molar-refractivity contribution in [3.8, 4) is 0 Å². The second-order valence-electron chi connectivity index (χ2n) is 5.40. The highest BCUT2D eigenvalue weighted by Crippen LogP contribution is 2.31. The van der Waals surface area contributed by atoms with Gasteiger partial charge in [0.15, 0.2) is 0 Å². The number of hydrogen-bond acceptors (Lipinski definition) is 2. The van der Waals surface area contributed by atoms with Crippen molar-refractivity contribution in [3.63, 3.8) is 0 Å².